The van der Waals surface area contributed by atoms with Crippen LogP contribution in [0.1, 0.15) is 0 Å². The molecule has 0 amide bonds. The maximum absolute atomic E-state index is 6.04. The molecule has 0 aliphatic heterocycles. The van der Waals surface area contributed by atoms with Crippen molar-refractivity contribution in [3.63, 3.8) is 0 Å². The summed E-state index contributed by atoms with van der Waals surface area (Å²) in [6.07, 6.45) is 0. The first-order chi connectivity index (χ1) is 8.21. The third-order valence-corrected chi connectivity index (χ3v) is 2.59. The van der Waals surface area contributed by atoms with E-state index in [0.717, 1.165) is 0 Å². The Morgan fingerprint density at radius 1 is 1.00 bits per heavy atom. The van der Waals surface area contributed by atoms with Gasteiger partial charge in [0.05, 0.1) is 31.9 Å². The molecule has 0 saturated heterocycles. The van der Waals surface area contributed by atoms with Crippen LogP contribution in [0.15, 0.2) is 12.1 Å². The molecule has 0 radical (unpaired) electrons. The number of rotatable bonds is 3. The Labute approximate surface area is 103 Å². The Balaban J connectivity index is 2.84. The van der Waals surface area contributed by atoms with Crippen molar-refractivity contribution in [2.75, 3.05) is 21.3 Å². The molecule has 2 rings (SSSR count). The molecule has 5 nitrogen and oxygen atoms in total. The topological polar surface area (TPSA) is 53.5 Å². The van der Waals surface area contributed by atoms with Crippen LogP contribution in [0.25, 0.3) is 10.9 Å². The number of ether oxygens (including phenoxy) is 3. The molecule has 6 heteroatoms. The van der Waals surface area contributed by atoms with E-state index in [1.54, 1.807) is 12.1 Å². The molecule has 0 aliphatic carbocycles. The predicted molar refractivity (Wildman–Crippen MR) is 64.2 cm³/mol. The van der Waals surface area contributed by atoms with E-state index in [0.29, 0.717) is 27.6 Å². The summed E-state index contributed by atoms with van der Waals surface area (Å²) in [6, 6.07) is 3.69. The van der Waals surface area contributed by atoms with Crippen LogP contribution in [0.2, 0.25) is 5.02 Å². The van der Waals surface area contributed by atoms with E-state index >= 15 is 0 Å². The van der Waals surface area contributed by atoms with Crippen LogP contribution < -0.4 is 14.2 Å². The highest BCUT2D eigenvalue weighted by Crippen LogP contribution is 2.37. The standard InChI is InChI=1S/C11H11ClN2O3/c1-15-9-6(12)4-5-7-8(9)10(16-2)14-11(13-7)17-3/h4-5H,1-3H3. The van der Waals surface area contributed by atoms with Crippen LogP contribution in [-0.2, 0) is 0 Å². The number of fused-ring (bicyclic) bond motifs is 1. The number of benzene rings is 1. The minimum atomic E-state index is 0.235. The molecule has 0 aliphatic rings. The molecule has 0 unspecified atom stereocenters. The van der Waals surface area contributed by atoms with Gasteiger partial charge in [-0.3, -0.25) is 0 Å². The van der Waals surface area contributed by atoms with Crippen molar-refractivity contribution in [3.05, 3.63) is 17.2 Å². The zero-order chi connectivity index (χ0) is 12.4. The second kappa shape index (κ2) is 4.63. The third-order valence-electron chi connectivity index (χ3n) is 2.29. The second-order valence-corrected chi connectivity index (χ2v) is 3.60. The number of aromatic nitrogens is 2. The molecular formula is C11H11ClN2O3. The van der Waals surface area contributed by atoms with Gasteiger partial charge in [-0.05, 0) is 12.1 Å². The van der Waals surface area contributed by atoms with Crippen molar-refractivity contribution in [2.24, 2.45) is 0 Å². The van der Waals surface area contributed by atoms with Gasteiger partial charge in [0.25, 0.3) is 0 Å². The van der Waals surface area contributed by atoms with Gasteiger partial charge in [-0.25, -0.2) is 0 Å². The fourth-order valence-corrected chi connectivity index (χ4v) is 1.79. The summed E-state index contributed by atoms with van der Waals surface area (Å²) in [4.78, 5) is 8.29. The number of nitrogens with zero attached hydrogens (tertiary/aromatic N) is 2. The smallest absolute Gasteiger partial charge is 0.320 e. The first-order valence-electron chi connectivity index (χ1n) is 4.83. The van der Waals surface area contributed by atoms with E-state index in [-0.39, 0.29) is 6.01 Å². The van der Waals surface area contributed by atoms with Gasteiger partial charge in [0.1, 0.15) is 5.39 Å². The second-order valence-electron chi connectivity index (χ2n) is 3.19. The lowest BCUT2D eigenvalue weighted by atomic mass is 10.2. The highest BCUT2D eigenvalue weighted by molar-refractivity contribution is 6.33. The maximum atomic E-state index is 6.04. The zero-order valence-electron chi connectivity index (χ0n) is 9.65. The molecular weight excluding hydrogens is 244 g/mol. The van der Waals surface area contributed by atoms with Crippen LogP contribution in [0.3, 0.4) is 0 Å². The molecule has 90 valence electrons. The molecule has 17 heavy (non-hydrogen) atoms. The molecule has 0 N–H and O–H groups in total. The number of methoxy groups -OCH3 is 3. The summed E-state index contributed by atoms with van der Waals surface area (Å²) in [5, 5.41) is 1.11. The van der Waals surface area contributed by atoms with Gasteiger partial charge in [-0.1, -0.05) is 11.6 Å². The molecule has 0 fully saturated rings. The molecule has 2 aromatic rings. The molecule has 1 aromatic heterocycles. The molecule has 1 aromatic carbocycles. The van der Waals surface area contributed by atoms with Crippen molar-refractivity contribution in [1.29, 1.82) is 0 Å². The van der Waals surface area contributed by atoms with Crippen LogP contribution in [0.5, 0.6) is 17.6 Å². The highest BCUT2D eigenvalue weighted by Gasteiger charge is 2.15. The minimum absolute atomic E-state index is 0.235. The maximum Gasteiger partial charge on any atom is 0.320 e. The summed E-state index contributed by atoms with van der Waals surface area (Å²) >= 11 is 6.04. The van der Waals surface area contributed by atoms with Gasteiger partial charge in [0.15, 0.2) is 5.75 Å². The fraction of sp³-hybridized carbons (Fsp3) is 0.273. The van der Waals surface area contributed by atoms with E-state index in [1.807, 2.05) is 0 Å². The van der Waals surface area contributed by atoms with Crippen molar-refractivity contribution in [2.45, 2.75) is 0 Å². The van der Waals surface area contributed by atoms with Crippen LogP contribution in [0.4, 0.5) is 0 Å². The van der Waals surface area contributed by atoms with Gasteiger partial charge in [-0.2, -0.15) is 9.97 Å². The molecule has 0 spiro atoms. The Kier molecular flexibility index (Phi) is 3.19. The molecule has 0 saturated carbocycles. The van der Waals surface area contributed by atoms with Gasteiger partial charge >= 0.3 is 6.01 Å². The average molecular weight is 255 g/mol. The average Bonchev–Trinajstić information content (AvgIpc) is 2.37. The fourth-order valence-electron chi connectivity index (χ4n) is 1.56. The van der Waals surface area contributed by atoms with E-state index < -0.39 is 0 Å². The van der Waals surface area contributed by atoms with Crippen LogP contribution >= 0.6 is 11.6 Å². The number of hydrogen-bond donors (Lipinski definition) is 0. The quantitative estimate of drug-likeness (QED) is 0.841. The van der Waals surface area contributed by atoms with Crippen LogP contribution in [0, 0.1) is 0 Å². The van der Waals surface area contributed by atoms with Crippen molar-refractivity contribution < 1.29 is 14.2 Å². The Bertz CT molecular complexity index is 560. The summed E-state index contributed by atoms with van der Waals surface area (Å²) in [7, 11) is 4.54. The van der Waals surface area contributed by atoms with Crippen molar-refractivity contribution >= 4 is 22.5 Å². The third kappa shape index (κ3) is 1.93. The first kappa shape index (κ1) is 11.7. The molecule has 0 atom stereocenters. The summed E-state index contributed by atoms with van der Waals surface area (Å²) in [6.45, 7) is 0. The number of hydrogen-bond acceptors (Lipinski definition) is 5. The lowest BCUT2D eigenvalue weighted by molar-refractivity contribution is 0.355. The van der Waals surface area contributed by atoms with E-state index in [9.17, 15) is 0 Å². The predicted octanol–water partition coefficient (Wildman–Crippen LogP) is 2.31. The lowest BCUT2D eigenvalue weighted by Gasteiger charge is -2.11. The lowest BCUT2D eigenvalue weighted by Crippen LogP contribution is -1.98. The van der Waals surface area contributed by atoms with Gasteiger partial charge in [0, 0.05) is 0 Å². The van der Waals surface area contributed by atoms with Gasteiger partial charge < -0.3 is 14.2 Å². The van der Waals surface area contributed by atoms with Crippen molar-refractivity contribution in [1.82, 2.24) is 9.97 Å². The Hall–Kier alpha value is -1.75. The van der Waals surface area contributed by atoms with Gasteiger partial charge in [0.2, 0.25) is 5.88 Å². The van der Waals surface area contributed by atoms with E-state index in [4.69, 9.17) is 25.8 Å². The molecule has 1 heterocycles. The van der Waals surface area contributed by atoms with Gasteiger partial charge in [-0.15, -0.1) is 0 Å². The summed E-state index contributed by atoms with van der Waals surface area (Å²) in [5.74, 6) is 0.856. The Morgan fingerprint density at radius 2 is 1.76 bits per heavy atom. The number of halogens is 1. The normalized spacial score (nSPS) is 10.4. The van der Waals surface area contributed by atoms with Crippen LogP contribution in [-0.4, -0.2) is 31.3 Å². The first-order valence-corrected chi connectivity index (χ1v) is 5.21. The van der Waals surface area contributed by atoms with Crippen molar-refractivity contribution in [3.8, 4) is 17.6 Å². The van der Waals surface area contributed by atoms with E-state index in [1.165, 1.54) is 21.3 Å². The molecule has 0 bridgehead atoms. The summed E-state index contributed by atoms with van der Waals surface area (Å²) < 4.78 is 15.4. The Morgan fingerprint density at radius 3 is 2.35 bits per heavy atom. The monoisotopic (exact) mass is 254 g/mol. The zero-order valence-corrected chi connectivity index (χ0v) is 10.4. The summed E-state index contributed by atoms with van der Waals surface area (Å²) in [5.41, 5.74) is 0.648. The van der Waals surface area contributed by atoms with E-state index in [2.05, 4.69) is 9.97 Å². The highest BCUT2D eigenvalue weighted by atomic mass is 35.5. The minimum Gasteiger partial charge on any atom is -0.494 e. The SMILES string of the molecule is COc1nc(OC)c2c(OC)c(Cl)ccc2n1. The largest absolute Gasteiger partial charge is 0.494 e.